The van der Waals surface area contributed by atoms with Crippen molar-refractivity contribution in [3.8, 4) is 0 Å². The number of para-hydroxylation sites is 1. The second-order valence-corrected chi connectivity index (χ2v) is 11.2. The first kappa shape index (κ1) is 29.1. The number of aryl methyl sites for hydroxylation is 1. The summed E-state index contributed by atoms with van der Waals surface area (Å²) in [6, 6.07) is 15.8. The average molecular weight is 569 g/mol. The van der Waals surface area contributed by atoms with Gasteiger partial charge >= 0.3 is 0 Å². The van der Waals surface area contributed by atoms with Crippen LogP contribution in [0.1, 0.15) is 66.3 Å². The van der Waals surface area contributed by atoms with Gasteiger partial charge in [-0.1, -0.05) is 32.4 Å². The van der Waals surface area contributed by atoms with Crippen molar-refractivity contribution in [3.63, 3.8) is 0 Å². The van der Waals surface area contributed by atoms with Gasteiger partial charge in [0.1, 0.15) is 5.82 Å². The fraction of sp³-hybridized carbons (Fsp3) is 0.394. The molecule has 1 saturated heterocycles. The van der Waals surface area contributed by atoms with Crippen LogP contribution in [-0.2, 0) is 4.79 Å². The Labute approximate surface area is 248 Å². The summed E-state index contributed by atoms with van der Waals surface area (Å²) in [5.74, 6) is 0.642. The van der Waals surface area contributed by atoms with Gasteiger partial charge in [-0.15, -0.1) is 0 Å². The van der Waals surface area contributed by atoms with Crippen molar-refractivity contribution >= 4 is 46.3 Å². The van der Waals surface area contributed by atoms with E-state index in [1.54, 1.807) is 34.9 Å². The second-order valence-electron chi connectivity index (χ2n) is 11.2. The van der Waals surface area contributed by atoms with Crippen LogP contribution < -0.4 is 15.1 Å². The molecule has 9 heteroatoms. The lowest BCUT2D eigenvalue weighted by Gasteiger charge is -2.34. The highest BCUT2D eigenvalue weighted by Crippen LogP contribution is 2.46. The van der Waals surface area contributed by atoms with E-state index in [9.17, 15) is 14.4 Å². The minimum absolute atomic E-state index is 0.0255. The fourth-order valence-electron chi connectivity index (χ4n) is 5.45. The van der Waals surface area contributed by atoms with Crippen LogP contribution in [0.4, 0.5) is 28.6 Å². The van der Waals surface area contributed by atoms with Crippen molar-refractivity contribution < 1.29 is 14.4 Å². The monoisotopic (exact) mass is 568 g/mol. The highest BCUT2D eigenvalue weighted by Gasteiger charge is 2.37. The number of pyridine rings is 1. The van der Waals surface area contributed by atoms with Crippen LogP contribution in [0.3, 0.4) is 0 Å². The SMILES string of the molecule is CC(=O)N1CCN(C(=O)c2ccc(Nc3cc4c(cn3)N(C)C(=O)c3ccccc3N4C3CC3)c(C)c2)CC1.CCC. The number of hydrogen-bond donors (Lipinski definition) is 1. The van der Waals surface area contributed by atoms with Crippen LogP contribution in [0.2, 0.25) is 0 Å². The Balaban J connectivity index is 0.00000113. The number of nitrogens with one attached hydrogen (secondary N) is 1. The molecule has 2 fully saturated rings. The van der Waals surface area contributed by atoms with Crippen LogP contribution in [0.5, 0.6) is 0 Å². The summed E-state index contributed by atoms with van der Waals surface area (Å²) in [5.41, 5.74) is 5.75. The average Bonchev–Trinajstić information content (AvgIpc) is 3.84. The van der Waals surface area contributed by atoms with E-state index >= 15 is 0 Å². The normalized spacial score (nSPS) is 16.2. The first-order valence-electron chi connectivity index (χ1n) is 14.8. The number of carbonyl (C=O) groups excluding carboxylic acids is 3. The minimum atomic E-state index is -0.0451. The third-order valence-electron chi connectivity index (χ3n) is 7.84. The van der Waals surface area contributed by atoms with Gasteiger partial charge in [0, 0.05) is 63.5 Å². The number of piperazine rings is 1. The number of rotatable bonds is 4. The van der Waals surface area contributed by atoms with Gasteiger partial charge in [0.05, 0.1) is 28.8 Å². The molecule has 1 aromatic heterocycles. The van der Waals surface area contributed by atoms with Gasteiger partial charge in [-0.2, -0.15) is 0 Å². The summed E-state index contributed by atoms with van der Waals surface area (Å²) in [6.07, 6.45) is 5.16. The Morgan fingerprint density at radius 1 is 0.929 bits per heavy atom. The van der Waals surface area contributed by atoms with Crippen molar-refractivity contribution in [2.45, 2.75) is 53.0 Å². The van der Waals surface area contributed by atoms with E-state index in [-0.39, 0.29) is 17.7 Å². The predicted octanol–water partition coefficient (Wildman–Crippen LogP) is 5.74. The molecule has 1 aliphatic carbocycles. The highest BCUT2D eigenvalue weighted by molar-refractivity contribution is 6.13. The third-order valence-corrected chi connectivity index (χ3v) is 7.84. The molecule has 42 heavy (non-hydrogen) atoms. The zero-order valence-corrected chi connectivity index (χ0v) is 25.2. The Hall–Kier alpha value is -4.40. The van der Waals surface area contributed by atoms with Gasteiger partial charge in [0.15, 0.2) is 0 Å². The summed E-state index contributed by atoms with van der Waals surface area (Å²) < 4.78 is 0. The third kappa shape index (κ3) is 5.82. The minimum Gasteiger partial charge on any atom is -0.340 e. The van der Waals surface area contributed by atoms with Crippen LogP contribution in [0, 0.1) is 6.92 Å². The van der Waals surface area contributed by atoms with E-state index in [0.29, 0.717) is 49.2 Å². The van der Waals surface area contributed by atoms with Crippen molar-refractivity contribution in [2.24, 2.45) is 0 Å². The van der Waals surface area contributed by atoms with E-state index < -0.39 is 0 Å². The zero-order valence-electron chi connectivity index (χ0n) is 25.2. The first-order valence-corrected chi connectivity index (χ1v) is 14.8. The quantitative estimate of drug-likeness (QED) is 0.432. The number of hydrogen-bond acceptors (Lipinski definition) is 6. The molecule has 0 unspecified atom stereocenters. The smallest absolute Gasteiger partial charge is 0.260 e. The lowest BCUT2D eigenvalue weighted by Crippen LogP contribution is -2.50. The number of amides is 3. The molecule has 0 bridgehead atoms. The molecule has 3 aliphatic rings. The first-order chi connectivity index (χ1) is 20.2. The topological polar surface area (TPSA) is 89.1 Å². The summed E-state index contributed by atoms with van der Waals surface area (Å²) in [7, 11) is 1.79. The van der Waals surface area contributed by atoms with Gasteiger partial charge in [-0.25, -0.2) is 4.98 Å². The van der Waals surface area contributed by atoms with Crippen LogP contribution >= 0.6 is 0 Å². The number of nitrogens with zero attached hydrogens (tertiary/aromatic N) is 5. The van der Waals surface area contributed by atoms with Crippen molar-refractivity contribution in [1.29, 1.82) is 0 Å². The lowest BCUT2D eigenvalue weighted by atomic mass is 10.1. The van der Waals surface area contributed by atoms with E-state index in [0.717, 1.165) is 41.2 Å². The molecule has 2 aromatic carbocycles. The van der Waals surface area contributed by atoms with Crippen molar-refractivity contribution in [2.75, 3.05) is 48.3 Å². The summed E-state index contributed by atoms with van der Waals surface area (Å²) in [5, 5.41) is 3.43. The number of benzene rings is 2. The fourth-order valence-corrected chi connectivity index (χ4v) is 5.45. The molecule has 6 rings (SSSR count). The number of aromatic nitrogens is 1. The summed E-state index contributed by atoms with van der Waals surface area (Å²) >= 11 is 0. The van der Waals surface area contributed by atoms with E-state index in [2.05, 4.69) is 29.0 Å². The van der Waals surface area contributed by atoms with Crippen LogP contribution in [-0.4, -0.2) is 71.8 Å². The lowest BCUT2D eigenvalue weighted by molar-refractivity contribution is -0.130. The molecule has 3 heterocycles. The zero-order chi connectivity index (χ0) is 30.0. The van der Waals surface area contributed by atoms with Crippen LogP contribution in [0.15, 0.2) is 54.7 Å². The van der Waals surface area contributed by atoms with E-state index in [1.807, 2.05) is 55.5 Å². The van der Waals surface area contributed by atoms with Gasteiger partial charge in [-0.05, 0) is 55.7 Å². The standard InChI is InChI=1S/C30H32N6O3.C3H8/c1-19-16-21(29(38)35-14-12-34(13-15-35)20(2)37)8-11-24(19)32-28-17-26-27(18-31-28)33(3)30(39)23-6-4-5-7-25(23)36(26)22-9-10-22;1-3-2/h4-8,11,16-18,22H,9-10,12-15H2,1-3H3,(H,31,32);3H2,1-2H3. The molecule has 0 radical (unpaired) electrons. The highest BCUT2D eigenvalue weighted by atomic mass is 16.2. The van der Waals surface area contributed by atoms with Crippen molar-refractivity contribution in [3.05, 3.63) is 71.4 Å². The maximum atomic E-state index is 13.3. The van der Waals surface area contributed by atoms with Gasteiger partial charge in [0.25, 0.3) is 11.8 Å². The number of anilines is 5. The maximum Gasteiger partial charge on any atom is 0.260 e. The molecule has 1 N–H and O–H groups in total. The Morgan fingerprint density at radius 3 is 2.24 bits per heavy atom. The van der Waals surface area contributed by atoms with Crippen LogP contribution in [0.25, 0.3) is 0 Å². The molecule has 1 saturated carbocycles. The summed E-state index contributed by atoms with van der Waals surface area (Å²) in [4.78, 5) is 50.1. The Kier molecular flexibility index (Phi) is 8.47. The Morgan fingerprint density at radius 2 is 1.60 bits per heavy atom. The second kappa shape index (κ2) is 12.2. The van der Waals surface area contributed by atoms with Crippen molar-refractivity contribution in [1.82, 2.24) is 14.8 Å². The summed E-state index contributed by atoms with van der Waals surface area (Å²) in [6.45, 7) is 9.98. The number of fused-ring (bicyclic) bond motifs is 2. The van der Waals surface area contributed by atoms with Gasteiger partial charge in [0.2, 0.25) is 5.91 Å². The predicted molar refractivity (Wildman–Crippen MR) is 167 cm³/mol. The Bertz CT molecular complexity index is 1490. The molecule has 220 valence electrons. The molecule has 9 nitrogen and oxygen atoms in total. The molecule has 3 amide bonds. The number of carbonyl (C=O) groups is 3. The largest absolute Gasteiger partial charge is 0.340 e. The van der Waals surface area contributed by atoms with Gasteiger partial charge in [-0.3, -0.25) is 14.4 Å². The molecule has 3 aromatic rings. The molecule has 2 aliphatic heterocycles. The molecular formula is C33H40N6O3. The van der Waals surface area contributed by atoms with E-state index in [4.69, 9.17) is 0 Å². The van der Waals surface area contributed by atoms with E-state index in [1.165, 1.54) is 6.42 Å². The molecular weight excluding hydrogens is 528 g/mol. The molecule has 0 atom stereocenters. The molecule has 0 spiro atoms. The van der Waals surface area contributed by atoms with Gasteiger partial charge < -0.3 is 24.9 Å². The maximum absolute atomic E-state index is 13.3.